The van der Waals surface area contributed by atoms with Crippen LogP contribution in [0, 0.1) is 0 Å². The SMILES string of the molecule is C=C/C=C(/SSC(C)(C)CC=O)C(=C)NC.CC. The third-order valence-electron chi connectivity index (χ3n) is 1.80. The maximum Gasteiger partial charge on any atom is 0.121 e. The van der Waals surface area contributed by atoms with Crippen LogP contribution in [-0.4, -0.2) is 18.1 Å². The fourth-order valence-corrected chi connectivity index (χ4v) is 3.23. The lowest BCUT2D eigenvalue weighted by atomic mass is 10.1. The van der Waals surface area contributed by atoms with Gasteiger partial charge in [0.05, 0.1) is 0 Å². The number of rotatable bonds is 8. The van der Waals surface area contributed by atoms with Gasteiger partial charge >= 0.3 is 0 Å². The van der Waals surface area contributed by atoms with E-state index in [9.17, 15) is 4.79 Å². The van der Waals surface area contributed by atoms with Gasteiger partial charge in [0.2, 0.25) is 0 Å². The zero-order valence-corrected chi connectivity index (χ0v) is 13.7. The summed E-state index contributed by atoms with van der Waals surface area (Å²) < 4.78 is -0.0688. The van der Waals surface area contributed by atoms with Gasteiger partial charge in [-0.3, -0.25) is 0 Å². The van der Waals surface area contributed by atoms with Gasteiger partial charge < -0.3 is 10.1 Å². The van der Waals surface area contributed by atoms with Crippen molar-refractivity contribution in [2.75, 3.05) is 7.05 Å². The molecule has 2 nitrogen and oxygen atoms in total. The molecule has 0 rings (SSSR count). The van der Waals surface area contributed by atoms with E-state index < -0.39 is 0 Å². The van der Waals surface area contributed by atoms with E-state index in [1.54, 1.807) is 27.7 Å². The highest BCUT2D eigenvalue weighted by molar-refractivity contribution is 8.78. The Hall–Kier alpha value is -0.610. The standard InChI is InChI=1S/C12H19NOS2.C2H6/c1-6-7-11(10(2)13-5)15-16-12(3,4)8-9-14;1-2/h6-7,9,13H,1-2,8H2,3-5H3;1-2H3/b11-7+;. The molecule has 0 aromatic carbocycles. The molecule has 0 bridgehead atoms. The van der Waals surface area contributed by atoms with Gasteiger partial charge in [-0.1, -0.05) is 54.7 Å². The molecule has 0 aromatic heterocycles. The molecule has 0 atom stereocenters. The van der Waals surface area contributed by atoms with Crippen LogP contribution in [0.4, 0.5) is 0 Å². The molecule has 4 heteroatoms. The van der Waals surface area contributed by atoms with Gasteiger partial charge in [-0.2, -0.15) is 0 Å². The second-order valence-electron chi connectivity index (χ2n) is 3.79. The van der Waals surface area contributed by atoms with E-state index in [2.05, 4.69) is 18.5 Å². The molecule has 0 aliphatic carbocycles. The Morgan fingerprint density at radius 3 is 2.33 bits per heavy atom. The zero-order chi connectivity index (χ0) is 14.6. The summed E-state index contributed by atoms with van der Waals surface area (Å²) in [4.78, 5) is 11.5. The third kappa shape index (κ3) is 9.42. The van der Waals surface area contributed by atoms with Crippen molar-refractivity contribution in [2.45, 2.75) is 38.9 Å². The smallest absolute Gasteiger partial charge is 0.121 e. The number of carbonyl (C=O) groups is 1. The van der Waals surface area contributed by atoms with Gasteiger partial charge in [-0.25, -0.2) is 0 Å². The Bertz CT molecular complexity index is 296. The molecule has 104 valence electrons. The molecule has 0 spiro atoms. The van der Waals surface area contributed by atoms with Crippen LogP contribution in [0.1, 0.15) is 34.1 Å². The summed E-state index contributed by atoms with van der Waals surface area (Å²) in [5.41, 5.74) is 0.860. The van der Waals surface area contributed by atoms with E-state index in [-0.39, 0.29) is 4.75 Å². The van der Waals surface area contributed by atoms with Crippen molar-refractivity contribution < 1.29 is 4.79 Å². The van der Waals surface area contributed by atoms with Crippen molar-refractivity contribution >= 4 is 27.9 Å². The van der Waals surface area contributed by atoms with Crippen molar-refractivity contribution in [3.05, 3.63) is 35.9 Å². The number of hydrogen-bond donors (Lipinski definition) is 1. The van der Waals surface area contributed by atoms with Crippen molar-refractivity contribution in [1.29, 1.82) is 0 Å². The van der Waals surface area contributed by atoms with Gasteiger partial charge in [0.15, 0.2) is 0 Å². The van der Waals surface area contributed by atoms with Crippen LogP contribution in [0.15, 0.2) is 35.9 Å². The Morgan fingerprint density at radius 1 is 1.39 bits per heavy atom. The minimum absolute atomic E-state index is 0.0688. The normalized spacial score (nSPS) is 11.1. The fraction of sp³-hybridized carbons (Fsp3) is 0.500. The lowest BCUT2D eigenvalue weighted by Crippen LogP contribution is -2.13. The van der Waals surface area contributed by atoms with Crippen LogP contribution in [0.3, 0.4) is 0 Å². The Balaban J connectivity index is 0. The first-order chi connectivity index (χ1) is 8.46. The van der Waals surface area contributed by atoms with E-state index in [0.29, 0.717) is 6.42 Å². The van der Waals surface area contributed by atoms with Gasteiger partial charge in [0.1, 0.15) is 6.29 Å². The minimum atomic E-state index is -0.0688. The topological polar surface area (TPSA) is 29.1 Å². The first kappa shape index (κ1) is 19.7. The van der Waals surface area contributed by atoms with E-state index in [0.717, 1.165) is 16.9 Å². The van der Waals surface area contributed by atoms with Crippen molar-refractivity contribution in [3.8, 4) is 0 Å². The molecular formula is C14H25NOS2. The molecule has 0 aromatic rings. The van der Waals surface area contributed by atoms with Crippen LogP contribution in [0.2, 0.25) is 0 Å². The first-order valence-electron chi connectivity index (χ1n) is 5.96. The van der Waals surface area contributed by atoms with Crippen LogP contribution >= 0.6 is 21.6 Å². The van der Waals surface area contributed by atoms with Crippen LogP contribution < -0.4 is 5.32 Å². The number of hydrogen-bond acceptors (Lipinski definition) is 4. The summed E-state index contributed by atoms with van der Waals surface area (Å²) in [5, 5.41) is 3.00. The number of nitrogens with one attached hydrogen (secondary N) is 1. The van der Waals surface area contributed by atoms with Crippen molar-refractivity contribution in [1.82, 2.24) is 5.32 Å². The summed E-state index contributed by atoms with van der Waals surface area (Å²) in [6, 6.07) is 0. The first-order valence-corrected chi connectivity index (χ1v) is 8.11. The molecule has 0 unspecified atom stereocenters. The highest BCUT2D eigenvalue weighted by Crippen LogP contribution is 2.43. The molecule has 18 heavy (non-hydrogen) atoms. The fourth-order valence-electron chi connectivity index (χ4n) is 0.801. The summed E-state index contributed by atoms with van der Waals surface area (Å²) in [6.45, 7) is 15.7. The molecule has 1 N–H and O–H groups in total. The second kappa shape index (κ2) is 11.5. The summed E-state index contributed by atoms with van der Waals surface area (Å²) in [7, 11) is 5.11. The van der Waals surface area contributed by atoms with E-state index in [4.69, 9.17) is 0 Å². The summed E-state index contributed by atoms with van der Waals surface area (Å²) >= 11 is 0. The van der Waals surface area contributed by atoms with Crippen LogP contribution in [0.5, 0.6) is 0 Å². The van der Waals surface area contributed by atoms with E-state index in [1.807, 2.05) is 40.8 Å². The number of allylic oxidation sites excluding steroid dienone is 2. The lowest BCUT2D eigenvalue weighted by molar-refractivity contribution is -0.108. The Kier molecular flexibility index (Phi) is 12.6. The van der Waals surface area contributed by atoms with Gasteiger partial charge in [-0.15, -0.1) is 0 Å². The third-order valence-corrected chi connectivity index (χ3v) is 5.21. The second-order valence-corrected chi connectivity index (χ2v) is 6.67. The molecule has 0 radical (unpaired) electrons. The van der Waals surface area contributed by atoms with Gasteiger partial charge in [0, 0.05) is 28.8 Å². The number of likely N-dealkylation sites (N-methyl/N-ethyl adjacent to an activating group) is 1. The number of aldehydes is 1. The minimum Gasteiger partial charge on any atom is -0.388 e. The highest BCUT2D eigenvalue weighted by atomic mass is 33.1. The van der Waals surface area contributed by atoms with Crippen LogP contribution in [-0.2, 0) is 4.79 Å². The molecule has 0 saturated carbocycles. The quantitative estimate of drug-likeness (QED) is 0.402. The molecule has 0 heterocycles. The monoisotopic (exact) mass is 287 g/mol. The van der Waals surface area contributed by atoms with Crippen molar-refractivity contribution in [3.63, 3.8) is 0 Å². The predicted molar refractivity (Wildman–Crippen MR) is 87.8 cm³/mol. The number of carbonyl (C=O) groups excluding carboxylic acids is 1. The largest absolute Gasteiger partial charge is 0.388 e. The van der Waals surface area contributed by atoms with E-state index in [1.165, 1.54) is 0 Å². The van der Waals surface area contributed by atoms with Crippen molar-refractivity contribution in [2.24, 2.45) is 0 Å². The average molecular weight is 287 g/mol. The lowest BCUT2D eigenvalue weighted by Gasteiger charge is -2.21. The maximum atomic E-state index is 10.5. The molecule has 0 aliphatic heterocycles. The zero-order valence-electron chi connectivity index (χ0n) is 12.1. The molecule has 0 amide bonds. The van der Waals surface area contributed by atoms with E-state index >= 15 is 0 Å². The predicted octanol–water partition coefficient (Wildman–Crippen LogP) is 4.56. The Morgan fingerprint density at radius 2 is 1.94 bits per heavy atom. The highest BCUT2D eigenvalue weighted by Gasteiger charge is 2.19. The molecule has 0 saturated heterocycles. The maximum absolute atomic E-state index is 10.5. The molecule has 0 aliphatic rings. The Labute approximate surface area is 120 Å². The van der Waals surface area contributed by atoms with Gasteiger partial charge in [-0.05, 0) is 19.9 Å². The molecule has 0 fully saturated rings. The van der Waals surface area contributed by atoms with Crippen LogP contribution in [0.25, 0.3) is 0 Å². The summed E-state index contributed by atoms with van der Waals surface area (Å²) in [6.07, 6.45) is 5.14. The summed E-state index contributed by atoms with van der Waals surface area (Å²) in [5.74, 6) is 0. The average Bonchev–Trinajstić information content (AvgIpc) is 2.36. The van der Waals surface area contributed by atoms with Gasteiger partial charge in [0.25, 0.3) is 0 Å². The molecular weight excluding hydrogens is 262 g/mol.